The summed E-state index contributed by atoms with van der Waals surface area (Å²) in [6.45, 7) is 4.05. The van der Waals surface area contributed by atoms with E-state index in [0.29, 0.717) is 11.6 Å². The van der Waals surface area contributed by atoms with Gasteiger partial charge >= 0.3 is 0 Å². The second-order valence-electron chi connectivity index (χ2n) is 3.99. The van der Waals surface area contributed by atoms with Gasteiger partial charge < -0.3 is 5.32 Å². The van der Waals surface area contributed by atoms with Gasteiger partial charge in [-0.2, -0.15) is 0 Å². The molecule has 0 spiro atoms. The fraction of sp³-hybridized carbons (Fsp3) is 0.231. The van der Waals surface area contributed by atoms with Crippen LogP contribution in [0.15, 0.2) is 29.8 Å². The van der Waals surface area contributed by atoms with E-state index in [1.54, 1.807) is 6.20 Å². The Morgan fingerprint density at radius 2 is 2.24 bits per heavy atom. The molecule has 0 bridgehead atoms. The molecule has 1 aromatic heterocycles. The molecule has 0 aliphatic rings. The summed E-state index contributed by atoms with van der Waals surface area (Å²) in [5, 5.41) is 5.28. The molecule has 88 valence electrons. The highest BCUT2D eigenvalue weighted by Gasteiger charge is 2.07. The quantitative estimate of drug-likeness (QED) is 0.904. The Balaban J connectivity index is 2.05. The predicted molar refractivity (Wildman–Crippen MR) is 70.4 cm³/mol. The molecule has 2 rings (SSSR count). The van der Waals surface area contributed by atoms with E-state index in [0.717, 1.165) is 11.1 Å². The van der Waals surface area contributed by atoms with Crippen molar-refractivity contribution < 1.29 is 4.79 Å². The van der Waals surface area contributed by atoms with E-state index in [9.17, 15) is 4.79 Å². The number of rotatable bonds is 3. The lowest BCUT2D eigenvalue weighted by atomic mass is 10.0. The number of hydrogen-bond acceptors (Lipinski definition) is 3. The molecule has 17 heavy (non-hydrogen) atoms. The average Bonchev–Trinajstić information content (AvgIpc) is 2.76. The van der Waals surface area contributed by atoms with Crippen molar-refractivity contribution in [2.75, 3.05) is 5.32 Å². The minimum atomic E-state index is -0.0198. The summed E-state index contributed by atoms with van der Waals surface area (Å²) in [5.74, 6) is -0.0198. The van der Waals surface area contributed by atoms with Crippen LogP contribution in [-0.4, -0.2) is 10.9 Å². The summed E-state index contributed by atoms with van der Waals surface area (Å²) >= 11 is 1.43. The number of anilines is 1. The van der Waals surface area contributed by atoms with Crippen LogP contribution in [0.4, 0.5) is 5.13 Å². The Morgan fingerprint density at radius 3 is 2.94 bits per heavy atom. The molecule has 1 aromatic carbocycles. The van der Waals surface area contributed by atoms with E-state index < -0.39 is 0 Å². The zero-order valence-electron chi connectivity index (χ0n) is 9.86. The maximum atomic E-state index is 11.8. The molecule has 0 saturated carbocycles. The Morgan fingerprint density at radius 1 is 1.41 bits per heavy atom. The van der Waals surface area contributed by atoms with Crippen LogP contribution in [0.3, 0.4) is 0 Å². The van der Waals surface area contributed by atoms with Gasteiger partial charge in [0, 0.05) is 11.6 Å². The average molecular weight is 246 g/mol. The van der Waals surface area contributed by atoms with E-state index in [-0.39, 0.29) is 5.91 Å². The second-order valence-corrected chi connectivity index (χ2v) is 4.89. The van der Waals surface area contributed by atoms with Crippen LogP contribution in [0.1, 0.15) is 16.7 Å². The summed E-state index contributed by atoms with van der Waals surface area (Å²) in [7, 11) is 0. The first kappa shape index (κ1) is 11.8. The number of carbonyl (C=O) groups excluding carboxylic acids is 1. The number of amides is 1. The molecule has 0 fully saturated rings. The van der Waals surface area contributed by atoms with Crippen molar-refractivity contribution in [1.82, 2.24) is 4.98 Å². The summed E-state index contributed by atoms with van der Waals surface area (Å²) in [6, 6.07) is 6.15. The topological polar surface area (TPSA) is 42.0 Å². The third-order valence-corrected chi connectivity index (χ3v) is 3.22. The van der Waals surface area contributed by atoms with Gasteiger partial charge in [0.1, 0.15) is 0 Å². The van der Waals surface area contributed by atoms with E-state index in [1.165, 1.54) is 16.9 Å². The monoisotopic (exact) mass is 246 g/mol. The van der Waals surface area contributed by atoms with E-state index >= 15 is 0 Å². The summed E-state index contributed by atoms with van der Waals surface area (Å²) in [4.78, 5) is 15.8. The van der Waals surface area contributed by atoms with Crippen molar-refractivity contribution >= 4 is 22.4 Å². The van der Waals surface area contributed by atoms with Crippen LogP contribution in [0.25, 0.3) is 0 Å². The van der Waals surface area contributed by atoms with Gasteiger partial charge in [-0.1, -0.05) is 23.8 Å². The van der Waals surface area contributed by atoms with Gasteiger partial charge in [0.2, 0.25) is 5.91 Å². The highest BCUT2D eigenvalue weighted by molar-refractivity contribution is 7.13. The lowest BCUT2D eigenvalue weighted by Crippen LogP contribution is -2.14. The molecule has 1 N–H and O–H groups in total. The Bertz CT molecular complexity index is 520. The van der Waals surface area contributed by atoms with Crippen molar-refractivity contribution in [3.8, 4) is 0 Å². The van der Waals surface area contributed by atoms with Gasteiger partial charge in [0.05, 0.1) is 6.42 Å². The molecule has 1 heterocycles. The molecule has 4 heteroatoms. The standard InChI is InChI=1S/C13H14N2OS/c1-9-3-4-10(2)11(7-9)8-12(16)15-13-14-5-6-17-13/h3-7H,8H2,1-2H3,(H,14,15,16). The van der Waals surface area contributed by atoms with Crippen LogP contribution in [-0.2, 0) is 11.2 Å². The van der Waals surface area contributed by atoms with Gasteiger partial charge in [-0.3, -0.25) is 4.79 Å². The molecular weight excluding hydrogens is 232 g/mol. The van der Waals surface area contributed by atoms with Gasteiger partial charge in [-0.15, -0.1) is 11.3 Å². The Labute approximate surface area is 105 Å². The lowest BCUT2D eigenvalue weighted by Gasteiger charge is -2.06. The molecule has 0 saturated heterocycles. The van der Waals surface area contributed by atoms with E-state index in [2.05, 4.69) is 22.4 Å². The minimum absolute atomic E-state index is 0.0198. The van der Waals surface area contributed by atoms with Gasteiger partial charge in [0.25, 0.3) is 0 Å². The SMILES string of the molecule is Cc1ccc(C)c(CC(=O)Nc2nccs2)c1. The molecule has 1 amide bonds. The molecule has 3 nitrogen and oxygen atoms in total. The third-order valence-electron chi connectivity index (χ3n) is 2.53. The molecule has 0 radical (unpaired) electrons. The summed E-state index contributed by atoms with van der Waals surface area (Å²) in [5.41, 5.74) is 3.39. The number of benzene rings is 1. The van der Waals surface area contributed by atoms with E-state index in [4.69, 9.17) is 0 Å². The number of carbonyl (C=O) groups is 1. The van der Waals surface area contributed by atoms with Gasteiger partial charge in [-0.25, -0.2) is 4.98 Å². The van der Waals surface area contributed by atoms with Crippen LogP contribution < -0.4 is 5.32 Å². The fourth-order valence-electron chi connectivity index (χ4n) is 1.61. The number of aryl methyl sites for hydroxylation is 2. The summed E-state index contributed by atoms with van der Waals surface area (Å²) < 4.78 is 0. The second kappa shape index (κ2) is 5.10. The van der Waals surface area contributed by atoms with Crippen LogP contribution in [0, 0.1) is 13.8 Å². The highest BCUT2D eigenvalue weighted by Crippen LogP contribution is 2.14. The number of thiazole rings is 1. The van der Waals surface area contributed by atoms with Crippen molar-refractivity contribution in [3.05, 3.63) is 46.5 Å². The molecule has 0 aliphatic heterocycles. The first-order valence-electron chi connectivity index (χ1n) is 5.40. The third kappa shape index (κ3) is 3.14. The van der Waals surface area contributed by atoms with Gasteiger partial charge in [-0.05, 0) is 25.0 Å². The van der Waals surface area contributed by atoms with Crippen LogP contribution in [0.2, 0.25) is 0 Å². The maximum absolute atomic E-state index is 11.8. The number of nitrogens with zero attached hydrogens (tertiary/aromatic N) is 1. The predicted octanol–water partition coefficient (Wildman–Crippen LogP) is 2.94. The number of aromatic nitrogens is 1. The van der Waals surface area contributed by atoms with Crippen molar-refractivity contribution in [1.29, 1.82) is 0 Å². The molecular formula is C13H14N2OS. The van der Waals surface area contributed by atoms with Crippen molar-refractivity contribution in [2.24, 2.45) is 0 Å². The Kier molecular flexibility index (Phi) is 3.54. The largest absolute Gasteiger partial charge is 0.302 e. The lowest BCUT2D eigenvalue weighted by molar-refractivity contribution is -0.115. The minimum Gasteiger partial charge on any atom is -0.302 e. The maximum Gasteiger partial charge on any atom is 0.230 e. The summed E-state index contributed by atoms with van der Waals surface area (Å²) in [6.07, 6.45) is 2.07. The first-order valence-corrected chi connectivity index (χ1v) is 6.28. The molecule has 2 aromatic rings. The molecule has 0 unspecified atom stereocenters. The van der Waals surface area contributed by atoms with Crippen molar-refractivity contribution in [3.63, 3.8) is 0 Å². The first-order chi connectivity index (χ1) is 8.15. The van der Waals surface area contributed by atoms with Gasteiger partial charge in [0.15, 0.2) is 5.13 Å². The molecule has 0 aliphatic carbocycles. The normalized spacial score (nSPS) is 10.2. The van der Waals surface area contributed by atoms with E-state index in [1.807, 2.05) is 25.3 Å². The van der Waals surface area contributed by atoms with Crippen LogP contribution in [0.5, 0.6) is 0 Å². The number of nitrogens with one attached hydrogen (secondary N) is 1. The fourth-order valence-corrected chi connectivity index (χ4v) is 2.16. The Hall–Kier alpha value is -1.68. The highest BCUT2D eigenvalue weighted by atomic mass is 32.1. The van der Waals surface area contributed by atoms with Crippen LogP contribution >= 0.6 is 11.3 Å². The number of hydrogen-bond donors (Lipinski definition) is 1. The zero-order chi connectivity index (χ0) is 12.3. The zero-order valence-corrected chi connectivity index (χ0v) is 10.7. The molecule has 0 atom stereocenters. The smallest absolute Gasteiger partial charge is 0.230 e. The van der Waals surface area contributed by atoms with Crippen molar-refractivity contribution in [2.45, 2.75) is 20.3 Å².